The monoisotopic (exact) mass is 280 g/mol. The molecule has 96 valence electrons. The lowest BCUT2D eigenvalue weighted by Crippen LogP contribution is -2.23. The third kappa shape index (κ3) is 3.55. The van der Waals surface area contributed by atoms with E-state index in [1.54, 1.807) is 11.3 Å². The van der Waals surface area contributed by atoms with Crippen molar-refractivity contribution in [3.05, 3.63) is 51.4 Å². The lowest BCUT2D eigenvalue weighted by atomic mass is 10.1. The summed E-state index contributed by atoms with van der Waals surface area (Å²) in [7, 11) is 0. The first kappa shape index (κ1) is 13.5. The Morgan fingerprint density at radius 1 is 1.39 bits per heavy atom. The minimum absolute atomic E-state index is 0.257. The van der Waals surface area contributed by atoms with E-state index in [-0.39, 0.29) is 6.04 Å². The summed E-state index contributed by atoms with van der Waals surface area (Å²) in [4.78, 5) is 5.59. The maximum absolute atomic E-state index is 6.23. The number of nitrogens with zero attached hydrogens (tertiary/aromatic N) is 1. The molecule has 0 spiro atoms. The van der Waals surface area contributed by atoms with Gasteiger partial charge in [0.25, 0.3) is 0 Å². The number of aromatic nitrogens is 1. The van der Waals surface area contributed by atoms with E-state index in [1.165, 1.54) is 4.88 Å². The Morgan fingerprint density at radius 2 is 2.28 bits per heavy atom. The summed E-state index contributed by atoms with van der Waals surface area (Å²) in [6, 6.07) is 8.24. The van der Waals surface area contributed by atoms with E-state index in [0.717, 1.165) is 30.1 Å². The summed E-state index contributed by atoms with van der Waals surface area (Å²) in [5.41, 5.74) is 1.09. The molecule has 1 atom stereocenters. The second-order valence-electron chi connectivity index (χ2n) is 4.16. The molecule has 0 saturated carbocycles. The largest absolute Gasteiger partial charge is 0.309 e. The molecule has 1 N–H and O–H groups in total. The minimum Gasteiger partial charge on any atom is -0.309 e. The van der Waals surface area contributed by atoms with Crippen molar-refractivity contribution < 1.29 is 0 Å². The zero-order valence-corrected chi connectivity index (χ0v) is 12.0. The molecule has 2 nitrogen and oxygen atoms in total. The predicted octanol–water partition coefficient (Wildman–Crippen LogP) is 4.08. The first-order valence-electron chi connectivity index (χ1n) is 6.17. The van der Waals surface area contributed by atoms with Gasteiger partial charge in [-0.05, 0) is 36.5 Å². The summed E-state index contributed by atoms with van der Waals surface area (Å²) in [6.07, 6.45) is 3.82. The van der Waals surface area contributed by atoms with Crippen LogP contribution in [0, 0.1) is 0 Å². The summed E-state index contributed by atoms with van der Waals surface area (Å²) in [6.45, 7) is 3.16. The van der Waals surface area contributed by atoms with Crippen molar-refractivity contribution in [1.82, 2.24) is 10.3 Å². The van der Waals surface area contributed by atoms with Gasteiger partial charge in [-0.1, -0.05) is 24.6 Å². The fourth-order valence-corrected chi connectivity index (χ4v) is 3.12. The molecule has 0 aliphatic carbocycles. The third-order valence-electron chi connectivity index (χ3n) is 2.74. The van der Waals surface area contributed by atoms with E-state index >= 15 is 0 Å². The molecule has 0 aliphatic heterocycles. The smallest absolute Gasteiger partial charge is 0.0561 e. The Morgan fingerprint density at radius 3 is 2.89 bits per heavy atom. The van der Waals surface area contributed by atoms with Gasteiger partial charge in [-0.25, -0.2) is 0 Å². The fourth-order valence-electron chi connectivity index (χ4n) is 1.86. The average molecular weight is 281 g/mol. The van der Waals surface area contributed by atoms with Crippen LogP contribution in [0.25, 0.3) is 0 Å². The highest BCUT2D eigenvalue weighted by atomic mass is 35.5. The minimum atomic E-state index is 0.257. The van der Waals surface area contributed by atoms with E-state index < -0.39 is 0 Å². The fraction of sp³-hybridized carbons (Fsp3) is 0.357. The van der Waals surface area contributed by atoms with Crippen LogP contribution in [0.3, 0.4) is 0 Å². The molecular weight excluding hydrogens is 264 g/mol. The second kappa shape index (κ2) is 6.88. The van der Waals surface area contributed by atoms with E-state index in [4.69, 9.17) is 11.6 Å². The molecule has 4 heteroatoms. The Hall–Kier alpha value is -0.900. The number of rotatable bonds is 6. The van der Waals surface area contributed by atoms with Crippen molar-refractivity contribution in [3.8, 4) is 0 Å². The summed E-state index contributed by atoms with van der Waals surface area (Å²) in [5.74, 6) is 0. The SMILES string of the molecule is CCCNC(Cc1ccccn1)c1sccc1Cl. The Bertz CT molecular complexity index is 470. The van der Waals surface area contributed by atoms with Crippen molar-refractivity contribution in [2.45, 2.75) is 25.8 Å². The van der Waals surface area contributed by atoms with Gasteiger partial charge in [0.05, 0.1) is 5.02 Å². The van der Waals surface area contributed by atoms with Gasteiger partial charge in [-0.2, -0.15) is 0 Å². The van der Waals surface area contributed by atoms with Crippen molar-refractivity contribution in [3.63, 3.8) is 0 Å². The molecule has 0 fully saturated rings. The van der Waals surface area contributed by atoms with E-state index in [2.05, 4.69) is 23.3 Å². The van der Waals surface area contributed by atoms with Crippen molar-refractivity contribution >= 4 is 22.9 Å². The van der Waals surface area contributed by atoms with Crippen LogP contribution >= 0.6 is 22.9 Å². The van der Waals surface area contributed by atoms with Gasteiger partial charge in [0.2, 0.25) is 0 Å². The molecule has 0 aliphatic rings. The van der Waals surface area contributed by atoms with Crippen LogP contribution in [0.15, 0.2) is 35.8 Å². The van der Waals surface area contributed by atoms with Crippen molar-refractivity contribution in [1.29, 1.82) is 0 Å². The van der Waals surface area contributed by atoms with E-state index in [0.29, 0.717) is 0 Å². The second-order valence-corrected chi connectivity index (χ2v) is 5.52. The van der Waals surface area contributed by atoms with Gasteiger partial charge in [0.1, 0.15) is 0 Å². The highest BCUT2D eigenvalue weighted by Gasteiger charge is 2.16. The lowest BCUT2D eigenvalue weighted by Gasteiger charge is -2.17. The van der Waals surface area contributed by atoms with Crippen LogP contribution in [0.2, 0.25) is 5.02 Å². The standard InChI is InChI=1S/C14H17ClN2S/c1-2-7-17-13(14-12(15)6-9-18-14)10-11-5-3-4-8-16-11/h3-6,8-9,13,17H,2,7,10H2,1H3. The molecule has 0 aromatic carbocycles. The topological polar surface area (TPSA) is 24.9 Å². The van der Waals surface area contributed by atoms with Crippen LogP contribution < -0.4 is 5.32 Å². The maximum atomic E-state index is 6.23. The number of hydrogen-bond donors (Lipinski definition) is 1. The predicted molar refractivity (Wildman–Crippen MR) is 78.3 cm³/mol. The highest BCUT2D eigenvalue weighted by Crippen LogP contribution is 2.30. The normalized spacial score (nSPS) is 12.6. The van der Waals surface area contributed by atoms with Gasteiger partial charge in [-0.15, -0.1) is 11.3 Å². The van der Waals surface area contributed by atoms with Gasteiger partial charge in [-0.3, -0.25) is 4.98 Å². The summed E-state index contributed by atoms with van der Waals surface area (Å²) < 4.78 is 0. The molecule has 0 bridgehead atoms. The molecule has 2 rings (SSSR count). The van der Waals surface area contributed by atoms with Crippen LogP contribution in [-0.2, 0) is 6.42 Å². The van der Waals surface area contributed by atoms with Crippen LogP contribution in [0.1, 0.15) is 30.0 Å². The average Bonchev–Trinajstić information content (AvgIpc) is 2.82. The van der Waals surface area contributed by atoms with Gasteiger partial charge >= 0.3 is 0 Å². The van der Waals surface area contributed by atoms with Gasteiger partial charge in [0.15, 0.2) is 0 Å². The highest BCUT2D eigenvalue weighted by molar-refractivity contribution is 7.10. The number of nitrogens with one attached hydrogen (secondary N) is 1. The van der Waals surface area contributed by atoms with E-state index in [9.17, 15) is 0 Å². The van der Waals surface area contributed by atoms with E-state index in [1.807, 2.05) is 29.8 Å². The quantitative estimate of drug-likeness (QED) is 0.862. The summed E-state index contributed by atoms with van der Waals surface area (Å²) in [5, 5.41) is 6.44. The number of halogens is 1. The zero-order valence-electron chi connectivity index (χ0n) is 10.4. The number of hydrogen-bond acceptors (Lipinski definition) is 3. The van der Waals surface area contributed by atoms with Crippen LogP contribution in [0.4, 0.5) is 0 Å². The Balaban J connectivity index is 2.13. The van der Waals surface area contributed by atoms with Crippen LogP contribution in [-0.4, -0.2) is 11.5 Å². The first-order chi connectivity index (χ1) is 8.81. The van der Waals surface area contributed by atoms with Crippen molar-refractivity contribution in [2.75, 3.05) is 6.54 Å². The molecule has 0 amide bonds. The van der Waals surface area contributed by atoms with Gasteiger partial charge < -0.3 is 5.32 Å². The Labute approximate surface area is 117 Å². The van der Waals surface area contributed by atoms with Crippen molar-refractivity contribution in [2.24, 2.45) is 0 Å². The lowest BCUT2D eigenvalue weighted by molar-refractivity contribution is 0.532. The number of thiophene rings is 1. The molecular formula is C14H17ClN2S. The molecule has 18 heavy (non-hydrogen) atoms. The molecule has 2 heterocycles. The molecule has 2 aromatic heterocycles. The van der Waals surface area contributed by atoms with Gasteiger partial charge in [0, 0.05) is 29.2 Å². The first-order valence-corrected chi connectivity index (χ1v) is 7.43. The molecule has 2 aromatic rings. The Kier molecular flexibility index (Phi) is 5.17. The zero-order chi connectivity index (χ0) is 12.8. The molecule has 0 saturated heterocycles. The molecule has 1 unspecified atom stereocenters. The maximum Gasteiger partial charge on any atom is 0.0561 e. The number of pyridine rings is 1. The summed E-state index contributed by atoms with van der Waals surface area (Å²) >= 11 is 7.93. The third-order valence-corrected chi connectivity index (χ3v) is 4.21. The molecule has 0 radical (unpaired) electrons. The van der Waals surface area contributed by atoms with Crippen LogP contribution in [0.5, 0.6) is 0 Å².